The molecule has 0 radical (unpaired) electrons. The fourth-order valence-electron chi connectivity index (χ4n) is 2.92. The molecule has 0 spiro atoms. The predicted molar refractivity (Wildman–Crippen MR) is 119 cm³/mol. The van der Waals surface area contributed by atoms with Crippen molar-refractivity contribution in [2.75, 3.05) is 13.1 Å². The number of carbonyl (C=O) groups is 2. The molecule has 188 valence electrons. The molecule has 2 aromatic rings. The minimum absolute atomic E-state index is 0.0992. The second kappa shape index (κ2) is 12.2. The van der Waals surface area contributed by atoms with E-state index in [1.807, 2.05) is 0 Å². The van der Waals surface area contributed by atoms with E-state index in [2.05, 4.69) is 10.6 Å². The number of hydrogen-bond acceptors (Lipinski definition) is 7. The smallest absolute Gasteiger partial charge is 0.426 e. The fourth-order valence-corrected chi connectivity index (χ4v) is 2.92. The first-order valence-corrected chi connectivity index (χ1v) is 10.2. The number of nitrogens with zero attached hydrogens (tertiary/aromatic N) is 1. The summed E-state index contributed by atoms with van der Waals surface area (Å²) in [6.45, 7) is -0.259. The summed E-state index contributed by atoms with van der Waals surface area (Å²) >= 11 is 0. The zero-order chi connectivity index (χ0) is 26.2. The Kier molecular flexibility index (Phi) is 9.63. The van der Waals surface area contributed by atoms with Gasteiger partial charge >= 0.3 is 13.3 Å². The molecule has 0 bridgehead atoms. The minimum atomic E-state index is -4.74. The Morgan fingerprint density at radius 2 is 1.80 bits per heavy atom. The Morgan fingerprint density at radius 1 is 1.14 bits per heavy atom. The van der Waals surface area contributed by atoms with Crippen LogP contribution in [0.2, 0.25) is 0 Å². The lowest BCUT2D eigenvalue weighted by Gasteiger charge is -2.19. The molecule has 0 aromatic heterocycles. The Morgan fingerprint density at radius 3 is 2.37 bits per heavy atom. The highest BCUT2D eigenvalue weighted by atomic mass is 19.4. The van der Waals surface area contributed by atoms with Gasteiger partial charge < -0.3 is 31.4 Å². The molecular formula is C21H24BF4N5O4. The van der Waals surface area contributed by atoms with Crippen LogP contribution in [0, 0.1) is 5.82 Å². The van der Waals surface area contributed by atoms with Crippen LogP contribution in [0.25, 0.3) is 0 Å². The number of rotatable bonds is 10. The molecule has 2 aromatic carbocycles. The molecule has 35 heavy (non-hydrogen) atoms. The second-order valence-corrected chi connectivity index (χ2v) is 7.45. The van der Waals surface area contributed by atoms with Crippen molar-refractivity contribution in [2.24, 2.45) is 11.6 Å². The maximum absolute atomic E-state index is 13.9. The number of hydrogen-bond donors (Lipinski definition) is 6. The Labute approximate surface area is 198 Å². The third kappa shape index (κ3) is 8.59. The number of benzene rings is 2. The maximum Gasteiger partial charge on any atom is 0.475 e. The van der Waals surface area contributed by atoms with Crippen LogP contribution in [0.15, 0.2) is 60.4 Å². The van der Waals surface area contributed by atoms with Crippen LogP contribution in [-0.2, 0) is 17.4 Å². The van der Waals surface area contributed by atoms with Crippen LogP contribution in [-0.4, -0.2) is 53.0 Å². The summed E-state index contributed by atoms with van der Waals surface area (Å²) in [5.74, 6) is 1.52. The Hall–Kier alpha value is -3.62. The molecule has 0 aliphatic heterocycles. The third-order valence-corrected chi connectivity index (χ3v) is 4.74. The van der Waals surface area contributed by atoms with Crippen molar-refractivity contribution in [3.63, 3.8) is 0 Å². The predicted octanol–water partition coefficient (Wildman–Crippen LogP) is 0.290. The summed E-state index contributed by atoms with van der Waals surface area (Å²) in [5.41, 5.74) is 4.26. The van der Waals surface area contributed by atoms with Gasteiger partial charge in [-0.3, -0.25) is 9.59 Å². The summed E-state index contributed by atoms with van der Waals surface area (Å²) in [4.78, 5) is 24.3. The quantitative estimate of drug-likeness (QED) is 0.0907. The SMILES string of the molecule is N/C(=C\N(N)CCNC(=O)c1ccc(C(F)(F)F)cc1F)C(=O)NC(Cc1ccccc1)B(O)O. The molecule has 1 unspecified atom stereocenters. The monoisotopic (exact) mass is 497 g/mol. The first kappa shape index (κ1) is 27.6. The maximum atomic E-state index is 13.9. The number of hydrazine groups is 1. The van der Waals surface area contributed by atoms with Gasteiger partial charge in [0.2, 0.25) is 0 Å². The van der Waals surface area contributed by atoms with E-state index in [4.69, 9.17) is 11.6 Å². The van der Waals surface area contributed by atoms with Crippen molar-refractivity contribution in [3.05, 3.63) is 82.9 Å². The fraction of sp³-hybridized carbons (Fsp3) is 0.238. The molecule has 2 rings (SSSR count). The van der Waals surface area contributed by atoms with Crippen LogP contribution in [0.1, 0.15) is 21.5 Å². The van der Waals surface area contributed by atoms with Gasteiger partial charge in [0.1, 0.15) is 11.5 Å². The van der Waals surface area contributed by atoms with E-state index in [9.17, 15) is 37.2 Å². The topological polar surface area (TPSA) is 154 Å². The van der Waals surface area contributed by atoms with E-state index < -0.39 is 48.0 Å². The molecule has 0 saturated carbocycles. The zero-order valence-electron chi connectivity index (χ0n) is 18.3. The Bertz CT molecular complexity index is 1050. The van der Waals surface area contributed by atoms with Crippen molar-refractivity contribution >= 4 is 18.9 Å². The molecule has 0 saturated heterocycles. The molecule has 2 amide bonds. The summed E-state index contributed by atoms with van der Waals surface area (Å²) in [5, 5.41) is 24.7. The van der Waals surface area contributed by atoms with E-state index >= 15 is 0 Å². The second-order valence-electron chi connectivity index (χ2n) is 7.45. The zero-order valence-corrected chi connectivity index (χ0v) is 18.3. The van der Waals surface area contributed by atoms with Gasteiger partial charge in [-0.1, -0.05) is 30.3 Å². The lowest BCUT2D eigenvalue weighted by Crippen LogP contribution is -2.49. The molecule has 0 heterocycles. The van der Waals surface area contributed by atoms with Gasteiger partial charge in [-0.2, -0.15) is 13.2 Å². The largest absolute Gasteiger partial charge is 0.475 e. The molecule has 1 atom stereocenters. The summed E-state index contributed by atoms with van der Waals surface area (Å²) in [7, 11) is -1.86. The van der Waals surface area contributed by atoms with E-state index in [1.54, 1.807) is 30.3 Å². The first-order chi connectivity index (χ1) is 16.4. The molecule has 9 nitrogen and oxygen atoms in total. The number of halogens is 4. The first-order valence-electron chi connectivity index (χ1n) is 10.2. The number of amides is 2. The molecular weight excluding hydrogens is 473 g/mol. The van der Waals surface area contributed by atoms with Gasteiger partial charge in [0.25, 0.3) is 11.8 Å². The van der Waals surface area contributed by atoms with E-state index in [1.165, 1.54) is 0 Å². The van der Waals surface area contributed by atoms with Gasteiger partial charge in [0.05, 0.1) is 23.6 Å². The van der Waals surface area contributed by atoms with Gasteiger partial charge in [-0.15, -0.1) is 0 Å². The summed E-state index contributed by atoms with van der Waals surface area (Å²) in [6, 6.07) is 10.3. The Balaban J connectivity index is 1.88. The molecule has 0 fully saturated rings. The van der Waals surface area contributed by atoms with Crippen molar-refractivity contribution in [1.82, 2.24) is 15.6 Å². The molecule has 0 aliphatic carbocycles. The van der Waals surface area contributed by atoms with Gasteiger partial charge in [0, 0.05) is 12.7 Å². The molecule has 14 heteroatoms. The van der Waals surface area contributed by atoms with Gasteiger partial charge in [-0.25, -0.2) is 10.2 Å². The van der Waals surface area contributed by atoms with Gasteiger partial charge in [0.15, 0.2) is 0 Å². The highest BCUT2D eigenvalue weighted by molar-refractivity contribution is 6.43. The highest BCUT2D eigenvalue weighted by Crippen LogP contribution is 2.30. The van der Waals surface area contributed by atoms with E-state index in [0.29, 0.717) is 6.07 Å². The standard InChI is InChI=1S/C21H24BF4N5O4/c23-16-11-14(21(24,25)26)6-7-15(16)19(32)29-8-9-31(28)12-17(27)20(33)30-18(22(34)35)10-13-4-2-1-3-5-13/h1-7,11-12,18,34-35H,8-10,27-28H2,(H,29,32)(H,30,33)/b17-12-. The van der Waals surface area contributed by atoms with Crippen LogP contribution < -0.4 is 22.2 Å². The van der Waals surface area contributed by atoms with Crippen LogP contribution in [0.3, 0.4) is 0 Å². The molecule has 8 N–H and O–H groups in total. The summed E-state index contributed by atoms with van der Waals surface area (Å²) in [6.07, 6.45) is -3.59. The van der Waals surface area contributed by atoms with Crippen molar-refractivity contribution < 1.29 is 37.2 Å². The lowest BCUT2D eigenvalue weighted by molar-refractivity contribution is -0.137. The number of alkyl halides is 3. The van der Waals surface area contributed by atoms with Crippen LogP contribution >= 0.6 is 0 Å². The third-order valence-electron chi connectivity index (χ3n) is 4.74. The molecule has 0 aliphatic rings. The average molecular weight is 497 g/mol. The van der Waals surface area contributed by atoms with Crippen LogP contribution in [0.4, 0.5) is 17.6 Å². The van der Waals surface area contributed by atoms with E-state index in [0.717, 1.165) is 22.8 Å². The van der Waals surface area contributed by atoms with Gasteiger partial charge in [-0.05, 0) is 30.2 Å². The number of nitrogens with one attached hydrogen (secondary N) is 2. The number of carbonyl (C=O) groups excluding carboxylic acids is 2. The van der Waals surface area contributed by atoms with E-state index in [-0.39, 0.29) is 31.3 Å². The normalized spacial score (nSPS) is 12.6. The average Bonchev–Trinajstić information content (AvgIpc) is 2.78. The van der Waals surface area contributed by atoms with Crippen molar-refractivity contribution in [1.29, 1.82) is 0 Å². The van der Waals surface area contributed by atoms with Crippen molar-refractivity contribution in [2.45, 2.75) is 18.5 Å². The summed E-state index contributed by atoms with van der Waals surface area (Å²) < 4.78 is 51.7. The van der Waals surface area contributed by atoms with Crippen LogP contribution in [0.5, 0.6) is 0 Å². The lowest BCUT2D eigenvalue weighted by atomic mass is 9.76. The minimum Gasteiger partial charge on any atom is -0.426 e. The highest BCUT2D eigenvalue weighted by Gasteiger charge is 2.31. The number of nitrogens with two attached hydrogens (primary N) is 2. The van der Waals surface area contributed by atoms with Crippen molar-refractivity contribution in [3.8, 4) is 0 Å².